The van der Waals surface area contributed by atoms with Gasteiger partial charge in [0.1, 0.15) is 0 Å². The van der Waals surface area contributed by atoms with Crippen LogP contribution in [0.15, 0.2) is 158 Å². The predicted octanol–water partition coefficient (Wildman–Crippen LogP) is 11.5. The van der Waals surface area contributed by atoms with E-state index < -0.39 is 0 Å². The van der Waals surface area contributed by atoms with Gasteiger partial charge in [0, 0.05) is 43.1 Å². The van der Waals surface area contributed by atoms with Crippen molar-refractivity contribution in [2.24, 2.45) is 0 Å². The van der Waals surface area contributed by atoms with Crippen LogP contribution >= 0.6 is 11.3 Å². The third-order valence-corrected chi connectivity index (χ3v) is 9.77. The zero-order valence-electron chi connectivity index (χ0n) is 23.8. The van der Waals surface area contributed by atoms with Crippen molar-refractivity contribution < 1.29 is 0 Å². The van der Waals surface area contributed by atoms with E-state index in [1.165, 1.54) is 42.0 Å². The number of fused-ring (bicyclic) bond motifs is 7. The van der Waals surface area contributed by atoms with E-state index in [9.17, 15) is 0 Å². The Morgan fingerprint density at radius 2 is 1.05 bits per heavy atom. The molecule has 206 valence electrons. The van der Waals surface area contributed by atoms with Gasteiger partial charge in [-0.25, -0.2) is 4.98 Å². The van der Waals surface area contributed by atoms with Gasteiger partial charge >= 0.3 is 0 Å². The first-order chi connectivity index (χ1) is 21.8. The van der Waals surface area contributed by atoms with Crippen molar-refractivity contribution in [3.63, 3.8) is 0 Å². The third-order valence-electron chi connectivity index (χ3n) is 8.58. The summed E-state index contributed by atoms with van der Waals surface area (Å²) in [6.45, 7) is 0. The summed E-state index contributed by atoms with van der Waals surface area (Å²) in [6.07, 6.45) is 0. The molecular formula is C41H26N2S. The molecule has 0 aliphatic carbocycles. The highest BCUT2D eigenvalue weighted by molar-refractivity contribution is 7.26. The first-order valence-electron chi connectivity index (χ1n) is 14.9. The number of aromatic nitrogens is 2. The Hall–Kier alpha value is -5.51. The molecule has 0 aliphatic heterocycles. The van der Waals surface area contributed by atoms with Crippen LogP contribution in [0.3, 0.4) is 0 Å². The van der Waals surface area contributed by atoms with Crippen molar-refractivity contribution in [3.05, 3.63) is 158 Å². The highest BCUT2D eigenvalue weighted by Gasteiger charge is 2.18. The maximum absolute atomic E-state index is 5.10. The van der Waals surface area contributed by atoms with E-state index in [4.69, 9.17) is 4.98 Å². The first-order valence-corrected chi connectivity index (χ1v) is 15.7. The Morgan fingerprint density at radius 1 is 0.432 bits per heavy atom. The van der Waals surface area contributed by atoms with Crippen molar-refractivity contribution >= 4 is 53.3 Å². The van der Waals surface area contributed by atoms with Gasteiger partial charge < -0.3 is 4.57 Å². The first kappa shape index (κ1) is 25.0. The third kappa shape index (κ3) is 3.98. The molecule has 0 spiro atoms. The van der Waals surface area contributed by atoms with Crippen LogP contribution in [0.25, 0.3) is 81.3 Å². The molecule has 0 amide bonds. The van der Waals surface area contributed by atoms with Gasteiger partial charge in [-0.1, -0.05) is 121 Å². The fraction of sp³-hybridized carbons (Fsp3) is 0. The molecule has 0 saturated heterocycles. The van der Waals surface area contributed by atoms with Crippen molar-refractivity contribution in [1.82, 2.24) is 9.55 Å². The molecule has 0 fully saturated rings. The van der Waals surface area contributed by atoms with E-state index in [0.29, 0.717) is 0 Å². The number of para-hydroxylation sites is 1. The molecule has 0 bridgehead atoms. The second-order valence-electron chi connectivity index (χ2n) is 11.2. The van der Waals surface area contributed by atoms with E-state index in [1.54, 1.807) is 0 Å². The molecule has 0 atom stereocenters. The average molecular weight is 579 g/mol. The lowest BCUT2D eigenvalue weighted by Gasteiger charge is -2.13. The van der Waals surface area contributed by atoms with Gasteiger partial charge in [-0.15, -0.1) is 11.3 Å². The van der Waals surface area contributed by atoms with E-state index in [2.05, 4.69) is 150 Å². The zero-order valence-corrected chi connectivity index (χ0v) is 24.6. The number of hydrogen-bond donors (Lipinski definition) is 0. The highest BCUT2D eigenvalue weighted by Crippen LogP contribution is 2.43. The van der Waals surface area contributed by atoms with Crippen LogP contribution in [0.5, 0.6) is 0 Å². The average Bonchev–Trinajstić information content (AvgIpc) is 3.65. The molecule has 9 rings (SSSR count). The molecule has 0 radical (unpaired) electrons. The molecule has 44 heavy (non-hydrogen) atoms. The van der Waals surface area contributed by atoms with Crippen LogP contribution in [0.2, 0.25) is 0 Å². The summed E-state index contributed by atoms with van der Waals surface area (Å²) in [5.74, 6) is 0. The van der Waals surface area contributed by atoms with Gasteiger partial charge in [-0.3, -0.25) is 0 Å². The van der Waals surface area contributed by atoms with Crippen LogP contribution in [-0.2, 0) is 0 Å². The Labute approximate surface area is 259 Å². The largest absolute Gasteiger partial charge is 0.308 e. The molecule has 9 aromatic rings. The van der Waals surface area contributed by atoms with Crippen LogP contribution in [0, 0.1) is 0 Å². The van der Waals surface area contributed by atoms with Crippen LogP contribution in [0.1, 0.15) is 0 Å². The molecule has 3 heteroatoms. The minimum Gasteiger partial charge on any atom is -0.308 e. The number of benzene rings is 6. The van der Waals surface area contributed by atoms with Gasteiger partial charge in [-0.2, -0.15) is 0 Å². The van der Waals surface area contributed by atoms with Crippen LogP contribution in [0.4, 0.5) is 0 Å². The summed E-state index contributed by atoms with van der Waals surface area (Å²) in [5, 5.41) is 5.19. The fourth-order valence-electron chi connectivity index (χ4n) is 6.53. The Kier molecular flexibility index (Phi) is 5.71. The summed E-state index contributed by atoms with van der Waals surface area (Å²) < 4.78 is 5.11. The number of hydrogen-bond acceptors (Lipinski definition) is 2. The lowest BCUT2D eigenvalue weighted by Crippen LogP contribution is -1.95. The van der Waals surface area contributed by atoms with E-state index in [0.717, 1.165) is 39.3 Å². The van der Waals surface area contributed by atoms with Crippen molar-refractivity contribution in [3.8, 4) is 39.3 Å². The standard InChI is InChI=1S/C41H26N2S/c1-3-12-27(13-4-1)36-25-30(26-37(42-36)28-14-5-2-6-15-28)29-16-11-17-31(24-29)43-38-20-9-7-18-32(38)34-22-23-35-33-19-8-10-21-39(33)44-41(35)40(34)43/h1-26H. The van der Waals surface area contributed by atoms with Gasteiger partial charge in [-0.05, 0) is 47.5 Å². The topological polar surface area (TPSA) is 17.8 Å². The second kappa shape index (κ2) is 10.0. The van der Waals surface area contributed by atoms with Crippen molar-refractivity contribution in [2.75, 3.05) is 0 Å². The molecule has 3 aromatic heterocycles. The highest BCUT2D eigenvalue weighted by atomic mass is 32.1. The SMILES string of the molecule is c1ccc(-c2cc(-c3cccc(-n4c5ccccc5c5ccc6c7ccccc7sc6c54)c3)cc(-c3ccccc3)n2)cc1. The molecule has 0 N–H and O–H groups in total. The second-order valence-corrected chi connectivity index (χ2v) is 12.3. The molecular weight excluding hydrogens is 553 g/mol. The summed E-state index contributed by atoms with van der Waals surface area (Å²) >= 11 is 1.89. The number of nitrogens with zero attached hydrogens (tertiary/aromatic N) is 2. The summed E-state index contributed by atoms with van der Waals surface area (Å²) in [4.78, 5) is 5.10. The lowest BCUT2D eigenvalue weighted by molar-refractivity contribution is 1.19. The van der Waals surface area contributed by atoms with Crippen LogP contribution in [-0.4, -0.2) is 9.55 Å². The van der Waals surface area contributed by atoms with Gasteiger partial charge in [0.2, 0.25) is 0 Å². The minimum absolute atomic E-state index is 0.969. The molecule has 3 heterocycles. The Balaban J connectivity index is 1.30. The maximum atomic E-state index is 5.10. The summed E-state index contributed by atoms with van der Waals surface area (Å²) in [5.41, 5.74) is 10.1. The normalized spacial score (nSPS) is 11.6. The number of thiophene rings is 1. The van der Waals surface area contributed by atoms with E-state index in [1.807, 2.05) is 23.5 Å². The van der Waals surface area contributed by atoms with E-state index in [-0.39, 0.29) is 0 Å². The zero-order chi connectivity index (χ0) is 29.0. The lowest BCUT2D eigenvalue weighted by atomic mass is 9.99. The number of pyridine rings is 1. The molecule has 0 aliphatic rings. The minimum atomic E-state index is 0.969. The molecule has 0 saturated carbocycles. The maximum Gasteiger partial charge on any atom is 0.0719 e. The quantitative estimate of drug-likeness (QED) is 0.203. The molecule has 0 unspecified atom stereocenters. The summed E-state index contributed by atoms with van der Waals surface area (Å²) in [6, 6.07) is 56.5. The smallest absolute Gasteiger partial charge is 0.0719 e. The van der Waals surface area contributed by atoms with Gasteiger partial charge in [0.15, 0.2) is 0 Å². The molecule has 2 nitrogen and oxygen atoms in total. The summed E-state index contributed by atoms with van der Waals surface area (Å²) in [7, 11) is 0. The Morgan fingerprint density at radius 3 is 1.80 bits per heavy atom. The fourth-order valence-corrected chi connectivity index (χ4v) is 7.77. The predicted molar refractivity (Wildman–Crippen MR) is 188 cm³/mol. The van der Waals surface area contributed by atoms with Gasteiger partial charge in [0.05, 0.1) is 27.1 Å². The van der Waals surface area contributed by atoms with E-state index >= 15 is 0 Å². The van der Waals surface area contributed by atoms with Gasteiger partial charge in [0.25, 0.3) is 0 Å². The Bertz CT molecular complexity index is 2430. The monoisotopic (exact) mass is 578 g/mol. The van der Waals surface area contributed by atoms with Crippen molar-refractivity contribution in [1.29, 1.82) is 0 Å². The molecule has 6 aromatic carbocycles. The number of rotatable bonds is 4. The van der Waals surface area contributed by atoms with Crippen LogP contribution < -0.4 is 0 Å². The van der Waals surface area contributed by atoms with Crippen molar-refractivity contribution in [2.45, 2.75) is 0 Å².